The number of nitrogens with one attached hydrogen (secondary N) is 2. The minimum atomic E-state index is -3.71. The van der Waals surface area contributed by atoms with Gasteiger partial charge in [-0.3, -0.25) is 14.1 Å². The fourth-order valence-electron chi connectivity index (χ4n) is 3.52. The van der Waals surface area contributed by atoms with Crippen molar-refractivity contribution < 1.29 is 36.3 Å². The number of likely N-dealkylation sites (tertiary alicyclic amines) is 1. The summed E-state index contributed by atoms with van der Waals surface area (Å²) >= 11 is 0. The van der Waals surface area contributed by atoms with E-state index in [-0.39, 0.29) is 31.2 Å². The number of carbonyl (C=O) groups is 1. The number of ether oxygens (including phenoxy) is 2. The summed E-state index contributed by atoms with van der Waals surface area (Å²) in [5.74, 6) is -0.167. The van der Waals surface area contributed by atoms with Crippen LogP contribution in [0.25, 0.3) is 0 Å². The molecule has 0 aromatic carbocycles. The smallest absolute Gasteiger partial charge is 0.355 e. The van der Waals surface area contributed by atoms with E-state index in [1.807, 2.05) is 4.72 Å². The Labute approximate surface area is 210 Å². The van der Waals surface area contributed by atoms with Gasteiger partial charge >= 0.3 is 7.60 Å². The largest absolute Gasteiger partial charge is 0.374 e. The molecule has 13 heteroatoms. The third kappa shape index (κ3) is 9.51. The molecule has 1 amide bonds. The summed E-state index contributed by atoms with van der Waals surface area (Å²) in [7, 11) is -4.44. The molecular weight excluding hydrogens is 497 g/mol. The summed E-state index contributed by atoms with van der Waals surface area (Å²) in [5.41, 5.74) is 0.202. The Balaban J connectivity index is 2.95. The summed E-state index contributed by atoms with van der Waals surface area (Å²) in [6.45, 7) is 18.3. The number of hydrogen-bond donors (Lipinski definition) is 2. The van der Waals surface area contributed by atoms with E-state index in [9.17, 15) is 17.8 Å². The van der Waals surface area contributed by atoms with Gasteiger partial charge in [-0.2, -0.15) is 0 Å². The molecule has 3 unspecified atom stereocenters. The third-order valence-corrected chi connectivity index (χ3v) is 8.24. The predicted molar refractivity (Wildman–Crippen MR) is 135 cm³/mol. The highest BCUT2D eigenvalue weighted by atomic mass is 32.2. The maximum atomic E-state index is 12.5. The Kier molecular flexibility index (Phi) is 11.5. The van der Waals surface area contributed by atoms with Crippen molar-refractivity contribution in [3.05, 3.63) is 24.6 Å². The number of allylic oxidation sites excluding steroid dienone is 1. The van der Waals surface area contributed by atoms with Crippen LogP contribution in [0.15, 0.2) is 24.6 Å². The zero-order chi connectivity index (χ0) is 27.2. The molecule has 2 N–H and O–H groups in total. The van der Waals surface area contributed by atoms with Crippen molar-refractivity contribution in [3.63, 3.8) is 0 Å². The van der Waals surface area contributed by atoms with Crippen LogP contribution in [0.5, 0.6) is 0 Å². The van der Waals surface area contributed by atoms with Crippen LogP contribution in [0.3, 0.4) is 0 Å². The quantitative estimate of drug-likeness (QED) is 0.182. The predicted octanol–water partition coefficient (Wildman–Crippen LogP) is 2.63. The van der Waals surface area contributed by atoms with E-state index < -0.39 is 29.1 Å². The molecule has 1 aliphatic heterocycles. The monoisotopic (exact) mass is 539 g/mol. The first-order chi connectivity index (χ1) is 16.0. The summed E-state index contributed by atoms with van der Waals surface area (Å²) < 4.78 is 58.0. The van der Waals surface area contributed by atoms with Crippen LogP contribution in [-0.4, -0.2) is 77.1 Å². The van der Waals surface area contributed by atoms with Crippen LogP contribution in [0.2, 0.25) is 0 Å². The fourth-order valence-corrected chi connectivity index (χ4v) is 4.77. The van der Waals surface area contributed by atoms with Gasteiger partial charge in [0.05, 0.1) is 18.4 Å². The molecule has 0 aromatic heterocycles. The minimum absolute atomic E-state index is 0.115. The van der Waals surface area contributed by atoms with Gasteiger partial charge in [0.2, 0.25) is 10.0 Å². The van der Waals surface area contributed by atoms with E-state index in [2.05, 4.69) is 44.1 Å². The Hall–Kier alpha value is -1.43. The second kappa shape index (κ2) is 12.7. The SMILES string of the molecule is C=C(NC(C)(C)C(=O)NS(C)(=O)=O)C1CC(OCOCP(=O)(OC)OC)CN1C(=C)C(C)C(C)C. The van der Waals surface area contributed by atoms with E-state index in [1.54, 1.807) is 13.8 Å². The second-order valence-corrected chi connectivity index (χ2v) is 13.6. The molecule has 11 nitrogen and oxygen atoms in total. The average Bonchev–Trinajstić information content (AvgIpc) is 3.18. The Bertz CT molecular complexity index is 914. The molecule has 204 valence electrons. The normalized spacial score (nSPS) is 20.1. The van der Waals surface area contributed by atoms with Crippen LogP contribution < -0.4 is 10.0 Å². The first-order valence-electron chi connectivity index (χ1n) is 11.3. The van der Waals surface area contributed by atoms with E-state index in [1.165, 1.54) is 14.2 Å². The van der Waals surface area contributed by atoms with Crippen molar-refractivity contribution >= 4 is 23.5 Å². The van der Waals surface area contributed by atoms with Gasteiger partial charge < -0.3 is 28.7 Å². The van der Waals surface area contributed by atoms with Crippen LogP contribution in [0, 0.1) is 11.8 Å². The molecule has 0 radical (unpaired) electrons. The molecule has 0 bridgehead atoms. The first kappa shape index (κ1) is 31.6. The highest BCUT2D eigenvalue weighted by molar-refractivity contribution is 7.89. The van der Waals surface area contributed by atoms with Crippen molar-refractivity contribution in [3.8, 4) is 0 Å². The molecule has 0 aliphatic carbocycles. The summed E-state index contributed by atoms with van der Waals surface area (Å²) in [6.07, 6.45) is 0.949. The standard InChI is InChI=1S/C22H42N3O8PS/c1-15(2)16(3)18(5)25-12-19(33-13-32-14-34(27,30-8)31-9)11-20(25)17(4)23-22(6,7)21(26)24-35(10,28)29/h15-16,19-20,23H,4-5,11-14H2,1-3,6-10H3,(H,24,26). The van der Waals surface area contributed by atoms with Crippen molar-refractivity contribution in [2.75, 3.05) is 40.2 Å². The number of amides is 1. The Morgan fingerprint density at radius 1 is 1.20 bits per heavy atom. The van der Waals surface area contributed by atoms with Gasteiger partial charge in [-0.25, -0.2) is 8.42 Å². The molecular formula is C22H42N3O8PS. The molecule has 1 rings (SSSR count). The number of hydrogen-bond acceptors (Lipinski definition) is 10. The van der Waals surface area contributed by atoms with Crippen LogP contribution in [0.1, 0.15) is 41.0 Å². The van der Waals surface area contributed by atoms with Crippen LogP contribution >= 0.6 is 7.60 Å². The van der Waals surface area contributed by atoms with Gasteiger partial charge in [0.1, 0.15) is 12.3 Å². The van der Waals surface area contributed by atoms with E-state index >= 15 is 0 Å². The minimum Gasteiger partial charge on any atom is -0.374 e. The van der Waals surface area contributed by atoms with Gasteiger partial charge in [0.15, 0.2) is 6.35 Å². The molecule has 0 aromatic rings. The molecule has 1 fully saturated rings. The molecule has 3 atom stereocenters. The van der Waals surface area contributed by atoms with Crippen molar-refractivity contribution in [1.29, 1.82) is 0 Å². The number of sulfonamides is 1. The van der Waals surface area contributed by atoms with Gasteiger partial charge in [-0.15, -0.1) is 0 Å². The Morgan fingerprint density at radius 2 is 1.77 bits per heavy atom. The average molecular weight is 540 g/mol. The molecule has 0 spiro atoms. The number of carbonyl (C=O) groups excluding carboxylic acids is 1. The first-order valence-corrected chi connectivity index (χ1v) is 14.9. The van der Waals surface area contributed by atoms with Gasteiger partial charge in [0.25, 0.3) is 5.91 Å². The van der Waals surface area contributed by atoms with Crippen molar-refractivity contribution in [2.24, 2.45) is 11.8 Å². The molecule has 1 heterocycles. The topological polar surface area (TPSA) is 133 Å². The van der Waals surface area contributed by atoms with Gasteiger partial charge in [-0.1, -0.05) is 33.9 Å². The van der Waals surface area contributed by atoms with E-state index in [0.29, 0.717) is 24.6 Å². The molecule has 1 saturated heterocycles. The molecule has 0 saturated carbocycles. The Morgan fingerprint density at radius 3 is 2.26 bits per heavy atom. The third-order valence-electron chi connectivity index (χ3n) is 6.07. The summed E-state index contributed by atoms with van der Waals surface area (Å²) in [6, 6.07) is -0.261. The van der Waals surface area contributed by atoms with E-state index in [4.69, 9.17) is 18.5 Å². The maximum absolute atomic E-state index is 12.5. The highest BCUT2D eigenvalue weighted by Crippen LogP contribution is 2.46. The summed E-state index contributed by atoms with van der Waals surface area (Å²) in [4.78, 5) is 14.6. The lowest BCUT2D eigenvalue weighted by Crippen LogP contribution is -2.55. The lowest BCUT2D eigenvalue weighted by molar-refractivity contribution is -0.124. The number of rotatable bonds is 15. The van der Waals surface area contributed by atoms with Gasteiger partial charge in [-0.05, 0) is 25.7 Å². The maximum Gasteiger partial charge on any atom is 0.355 e. The second-order valence-electron chi connectivity index (χ2n) is 9.62. The van der Waals surface area contributed by atoms with Crippen LogP contribution in [-0.2, 0) is 37.9 Å². The van der Waals surface area contributed by atoms with E-state index in [0.717, 1.165) is 12.0 Å². The lowest BCUT2D eigenvalue weighted by atomic mass is 9.93. The fraction of sp³-hybridized carbons (Fsp3) is 0.773. The molecule has 35 heavy (non-hydrogen) atoms. The van der Waals surface area contributed by atoms with Gasteiger partial charge in [0, 0.05) is 38.6 Å². The lowest BCUT2D eigenvalue weighted by Gasteiger charge is -2.36. The molecule has 1 aliphatic rings. The highest BCUT2D eigenvalue weighted by Gasteiger charge is 2.39. The zero-order valence-corrected chi connectivity index (χ0v) is 23.8. The van der Waals surface area contributed by atoms with Crippen molar-refractivity contribution in [1.82, 2.24) is 14.9 Å². The van der Waals surface area contributed by atoms with Crippen LogP contribution in [0.4, 0.5) is 0 Å². The number of nitrogens with zero attached hydrogens (tertiary/aromatic N) is 1. The summed E-state index contributed by atoms with van der Waals surface area (Å²) in [5, 5.41) is 3.09. The zero-order valence-electron chi connectivity index (χ0n) is 22.1. The van der Waals surface area contributed by atoms with Crippen molar-refractivity contribution in [2.45, 2.75) is 58.7 Å².